The molecule has 0 aliphatic heterocycles. The van der Waals surface area contributed by atoms with E-state index < -0.39 is 150 Å². The van der Waals surface area contributed by atoms with E-state index in [0.717, 1.165) is 10.8 Å². The molecule has 0 amide bonds. The lowest BCUT2D eigenvalue weighted by Gasteiger charge is -2.44. The van der Waals surface area contributed by atoms with Gasteiger partial charge in [0.25, 0.3) is 0 Å². The molecule has 0 atom stereocenters. The topological polar surface area (TPSA) is 58.2 Å². The fourth-order valence-electron chi connectivity index (χ4n) is 7.22. The van der Waals surface area contributed by atoms with Crippen molar-refractivity contribution in [3.8, 4) is 0 Å². The van der Waals surface area contributed by atoms with Gasteiger partial charge in [-0.15, -0.1) is 21.9 Å². The number of carboxylic acids is 1. The summed E-state index contributed by atoms with van der Waals surface area (Å²) in [6, 6.07) is 15.9. The maximum atomic E-state index is 15.4. The second-order valence-electron chi connectivity index (χ2n) is 13.9. The monoisotopic (exact) mass is 971 g/mol. The summed E-state index contributed by atoms with van der Waals surface area (Å²) in [5.74, 6) is -72.3. The molecule has 0 radical (unpaired) electrons. The molecule has 0 saturated heterocycles. The van der Waals surface area contributed by atoms with Gasteiger partial charge in [-0.05, 0) is 23.6 Å². The number of carboxylic acid groups (broad SMARTS) is 1. The molecule has 6 aromatic carbocycles. The predicted octanol–water partition coefficient (Wildman–Crippen LogP) is 8.55. The largest absolute Gasteiger partial charge is 0.478 e. The van der Waals surface area contributed by atoms with Crippen molar-refractivity contribution < 1.29 is 107 Å². The summed E-state index contributed by atoms with van der Waals surface area (Å²) in [7, 11) is 0. The fourth-order valence-corrected chi connectivity index (χ4v) is 7.22. The summed E-state index contributed by atoms with van der Waals surface area (Å²) in [4.78, 5) is 23.2. The van der Waals surface area contributed by atoms with Gasteiger partial charge in [-0.1, -0.05) is 30.3 Å². The number of ketones is 1. The van der Waals surface area contributed by atoms with Crippen molar-refractivity contribution in [3.63, 3.8) is 0 Å². The summed E-state index contributed by atoms with van der Waals surface area (Å²) in [5.41, 5.74) is -13.4. The van der Waals surface area contributed by atoms with Crippen LogP contribution in [0, 0.1) is 116 Å². The van der Waals surface area contributed by atoms with Crippen LogP contribution in [-0.4, -0.2) is 23.0 Å². The highest BCUT2D eigenvalue weighted by atomic mass is 19.2. The molecule has 1 N–H and O–H groups in total. The number of rotatable bonds is 8. The highest BCUT2D eigenvalue weighted by molar-refractivity contribution is 7.20. The van der Waals surface area contributed by atoms with Crippen LogP contribution >= 0.6 is 0 Å². The van der Waals surface area contributed by atoms with Gasteiger partial charge in [-0.3, -0.25) is 4.79 Å². The van der Waals surface area contributed by atoms with Crippen LogP contribution < -0.4 is 26.4 Å². The number of Topliss-reactive ketones (excluding diaryl/α,β-unsaturated/α-hetero) is 1. The van der Waals surface area contributed by atoms with Gasteiger partial charge in [0.1, 0.15) is 52.7 Å². The molecule has 7 rings (SSSR count). The number of carbonyl (C=O) groups excluding carboxylic acids is 1. The van der Waals surface area contributed by atoms with Crippen molar-refractivity contribution >= 4 is 50.5 Å². The van der Waals surface area contributed by atoms with E-state index in [9.17, 15) is 62.3 Å². The van der Waals surface area contributed by atoms with Crippen LogP contribution in [0.1, 0.15) is 20.7 Å². The normalized spacial score (nSPS) is 11.5. The molecule has 0 saturated carbocycles. The lowest BCUT2D eigenvalue weighted by Crippen LogP contribution is -2.81. The number of nitrogens with zero attached hydrogens (tertiary/aromatic N) is 1. The third kappa shape index (κ3) is 7.83. The number of benzene rings is 6. The fraction of sp³-hybridized carbons (Fsp3) is 0.0238. The number of hydrogen-bond donors (Lipinski definition) is 1. The summed E-state index contributed by atoms with van der Waals surface area (Å²) in [5, 5.41) is 10.7. The Balaban J connectivity index is 0.000000279. The van der Waals surface area contributed by atoms with Crippen LogP contribution in [0.2, 0.25) is 0 Å². The van der Waals surface area contributed by atoms with E-state index in [2.05, 4.69) is 0 Å². The standard InChI is InChI=1S/C24BF20.C18H13NO3/c26-5-1(6(27)14(35)21(42)13(5)34)25(2-7(28)15(36)22(43)16(37)8(2)29,3-9(30)17(38)23(44)18(39)10(3)31)4-11(32)19(40)24(45)20(41)12(4)33;20-17(13-4-2-1-3-5-13)12-19-9-8-14-10-15(18(21)22)6-7-16(14)11-19/h;1-11H,12H2/q-1;/p+1. The molecule has 25 heteroatoms. The minimum Gasteiger partial charge on any atom is -0.478 e. The van der Waals surface area contributed by atoms with Crippen LogP contribution in [0.3, 0.4) is 0 Å². The zero-order valence-corrected chi connectivity index (χ0v) is 31.9. The van der Waals surface area contributed by atoms with Crippen LogP contribution in [0.5, 0.6) is 0 Å². The minimum absolute atomic E-state index is 0.0344. The second-order valence-corrected chi connectivity index (χ2v) is 13.9. The average molecular weight is 971 g/mol. The highest BCUT2D eigenvalue weighted by Crippen LogP contribution is 2.31. The Kier molecular flexibility index (Phi) is 13.2. The Bertz CT molecular complexity index is 2840. The smallest absolute Gasteiger partial charge is 0.335 e. The molecule has 0 spiro atoms. The van der Waals surface area contributed by atoms with Crippen LogP contribution in [-0.2, 0) is 6.54 Å². The van der Waals surface area contributed by atoms with Crippen LogP contribution in [0.25, 0.3) is 10.8 Å². The number of pyridine rings is 1. The number of carbonyl (C=O) groups is 2. The van der Waals surface area contributed by atoms with Crippen LogP contribution in [0.4, 0.5) is 87.8 Å². The van der Waals surface area contributed by atoms with Gasteiger partial charge < -0.3 is 5.11 Å². The summed E-state index contributed by atoms with van der Waals surface area (Å²) in [6.07, 6.45) is -3.58. The Morgan fingerprint density at radius 1 is 0.388 bits per heavy atom. The maximum absolute atomic E-state index is 15.4. The molecule has 4 nitrogen and oxygen atoms in total. The van der Waals surface area contributed by atoms with E-state index >= 15 is 35.1 Å². The van der Waals surface area contributed by atoms with Gasteiger partial charge in [0.05, 0.1) is 5.56 Å². The van der Waals surface area contributed by atoms with Gasteiger partial charge >= 0.3 is 5.97 Å². The first-order valence-corrected chi connectivity index (χ1v) is 17.8. The quantitative estimate of drug-likeness (QED) is 0.0415. The van der Waals surface area contributed by atoms with Gasteiger partial charge in [-0.2, -0.15) is 4.57 Å². The molecule has 7 aromatic rings. The van der Waals surface area contributed by atoms with E-state index in [1.807, 2.05) is 30.5 Å². The first-order chi connectivity index (χ1) is 31.3. The van der Waals surface area contributed by atoms with Gasteiger partial charge in [-0.25, -0.2) is 92.6 Å². The minimum atomic E-state index is -7.22. The molecule has 0 unspecified atom stereocenters. The first kappa shape index (κ1) is 49.0. The van der Waals surface area contributed by atoms with Crippen molar-refractivity contribution in [1.82, 2.24) is 0 Å². The summed E-state index contributed by atoms with van der Waals surface area (Å²) in [6.45, 7) is 0.251. The number of hydrogen-bond acceptors (Lipinski definition) is 2. The zero-order valence-electron chi connectivity index (χ0n) is 31.9. The summed E-state index contributed by atoms with van der Waals surface area (Å²) >= 11 is 0. The number of aromatic carboxylic acids is 1. The van der Waals surface area contributed by atoms with E-state index in [4.69, 9.17) is 5.11 Å². The zero-order chi connectivity index (χ0) is 49.9. The number of aromatic nitrogens is 1. The Morgan fingerprint density at radius 2 is 0.701 bits per heavy atom. The second kappa shape index (κ2) is 18.1. The van der Waals surface area contributed by atoms with Gasteiger partial charge in [0.2, 0.25) is 12.3 Å². The molecule has 0 bridgehead atoms. The van der Waals surface area contributed by atoms with Gasteiger partial charge in [0.15, 0.2) is 82.2 Å². The van der Waals surface area contributed by atoms with E-state index in [1.165, 1.54) is 0 Å². The molecule has 67 heavy (non-hydrogen) atoms. The molecule has 0 fully saturated rings. The lowest BCUT2D eigenvalue weighted by molar-refractivity contribution is -0.681. The predicted molar refractivity (Wildman–Crippen MR) is 191 cm³/mol. The average Bonchev–Trinajstić information content (AvgIpc) is 3.31. The van der Waals surface area contributed by atoms with Crippen molar-refractivity contribution in [2.24, 2.45) is 0 Å². The first-order valence-electron chi connectivity index (χ1n) is 17.8. The molecule has 1 heterocycles. The van der Waals surface area contributed by atoms with Crippen LogP contribution in [0.15, 0.2) is 67.0 Å². The Morgan fingerprint density at radius 3 is 1.01 bits per heavy atom. The molecule has 0 aliphatic rings. The van der Waals surface area contributed by atoms with Crippen molar-refractivity contribution in [3.05, 3.63) is 194 Å². The van der Waals surface area contributed by atoms with Crippen molar-refractivity contribution in [2.45, 2.75) is 6.54 Å². The third-order valence-corrected chi connectivity index (χ3v) is 10.2. The van der Waals surface area contributed by atoms with Crippen molar-refractivity contribution in [1.29, 1.82) is 0 Å². The number of fused-ring (bicyclic) bond motifs is 1. The molecule has 348 valence electrons. The molecule has 1 aromatic heterocycles. The lowest BCUT2D eigenvalue weighted by atomic mass is 9.12. The molecular formula is C42H14BF20NO3. The molecular weight excluding hydrogens is 957 g/mol. The molecule has 0 aliphatic carbocycles. The van der Waals surface area contributed by atoms with E-state index in [1.54, 1.807) is 41.1 Å². The van der Waals surface area contributed by atoms with E-state index in [-0.39, 0.29) is 17.9 Å². The Hall–Kier alpha value is -7.47. The SMILES string of the molecule is Fc1c(F)c(F)c([B-](c2c(F)c(F)c(F)c(F)c2F)(c2c(F)c(F)c(F)c(F)c2F)c2c(F)c(F)c(F)c(F)c2F)c(F)c1F.O=C(O)c1ccc2c[n+](CC(=O)c3ccccc3)ccc2c1. The highest BCUT2D eigenvalue weighted by Gasteiger charge is 2.52. The maximum Gasteiger partial charge on any atom is 0.335 e. The van der Waals surface area contributed by atoms with Crippen molar-refractivity contribution in [2.75, 3.05) is 0 Å². The van der Waals surface area contributed by atoms with Gasteiger partial charge in [0, 0.05) is 17.0 Å². The van der Waals surface area contributed by atoms with E-state index in [0.29, 0.717) is 5.56 Å². The number of halogens is 20. The Labute approximate surface area is 358 Å². The third-order valence-electron chi connectivity index (χ3n) is 10.2. The summed E-state index contributed by atoms with van der Waals surface area (Å²) < 4.78 is 296.